The van der Waals surface area contributed by atoms with Gasteiger partial charge in [-0.25, -0.2) is 15.0 Å². The van der Waals surface area contributed by atoms with Crippen LogP contribution in [0.5, 0.6) is 0 Å². The van der Waals surface area contributed by atoms with Gasteiger partial charge in [-0.2, -0.15) is 0 Å². The minimum absolute atomic E-state index is 0.588. The van der Waals surface area contributed by atoms with Gasteiger partial charge in [-0.1, -0.05) is 11.6 Å². The highest BCUT2D eigenvalue weighted by atomic mass is 35.5. The molecule has 0 aliphatic carbocycles. The van der Waals surface area contributed by atoms with Crippen LogP contribution in [-0.4, -0.2) is 15.0 Å². The van der Waals surface area contributed by atoms with Gasteiger partial charge in [0.2, 0.25) is 0 Å². The molecule has 0 amide bonds. The van der Waals surface area contributed by atoms with E-state index < -0.39 is 0 Å². The summed E-state index contributed by atoms with van der Waals surface area (Å²) in [6.45, 7) is 3.83. The van der Waals surface area contributed by atoms with E-state index in [1.54, 1.807) is 12.3 Å². The van der Waals surface area contributed by atoms with Crippen molar-refractivity contribution in [3.05, 3.63) is 28.7 Å². The van der Waals surface area contributed by atoms with Gasteiger partial charge in [0.15, 0.2) is 5.65 Å². The second-order valence-electron chi connectivity index (χ2n) is 2.89. The van der Waals surface area contributed by atoms with Gasteiger partial charge in [-0.05, 0) is 19.9 Å². The Bertz CT molecular complexity index is 468. The van der Waals surface area contributed by atoms with E-state index in [0.717, 1.165) is 16.9 Å². The quantitative estimate of drug-likeness (QED) is 0.645. The molecular formula is C9H8ClN3. The molecule has 2 rings (SSSR count). The Morgan fingerprint density at radius 1 is 1.15 bits per heavy atom. The summed E-state index contributed by atoms with van der Waals surface area (Å²) < 4.78 is 0. The Morgan fingerprint density at radius 3 is 2.62 bits per heavy atom. The molecule has 0 bridgehead atoms. The number of nitrogens with zero attached hydrogens (tertiary/aromatic N) is 3. The van der Waals surface area contributed by atoms with Crippen molar-refractivity contribution in [2.45, 2.75) is 13.8 Å². The molecule has 4 heteroatoms. The molecule has 0 radical (unpaired) electrons. The average Bonchev–Trinajstić information content (AvgIpc) is 2.08. The first-order valence-corrected chi connectivity index (χ1v) is 4.31. The van der Waals surface area contributed by atoms with Crippen LogP contribution in [0.2, 0.25) is 5.02 Å². The maximum Gasteiger partial charge on any atom is 0.178 e. The number of hydrogen-bond acceptors (Lipinski definition) is 3. The topological polar surface area (TPSA) is 38.7 Å². The number of aryl methyl sites for hydroxylation is 2. The number of aromatic nitrogens is 3. The van der Waals surface area contributed by atoms with Gasteiger partial charge in [0.1, 0.15) is 5.52 Å². The van der Waals surface area contributed by atoms with E-state index in [-0.39, 0.29) is 0 Å². The third-order valence-electron chi connectivity index (χ3n) is 1.90. The van der Waals surface area contributed by atoms with Gasteiger partial charge in [0.05, 0.1) is 16.4 Å². The summed E-state index contributed by atoms with van der Waals surface area (Å²) in [5.74, 6) is 0. The largest absolute Gasteiger partial charge is 0.248 e. The molecule has 3 nitrogen and oxygen atoms in total. The van der Waals surface area contributed by atoms with E-state index in [4.69, 9.17) is 11.6 Å². The molecule has 0 saturated carbocycles. The fraction of sp³-hybridized carbons (Fsp3) is 0.222. The monoisotopic (exact) mass is 193 g/mol. The zero-order valence-electron chi connectivity index (χ0n) is 7.37. The molecule has 2 aromatic heterocycles. The van der Waals surface area contributed by atoms with Crippen molar-refractivity contribution >= 4 is 22.8 Å². The molecule has 66 valence electrons. The van der Waals surface area contributed by atoms with Gasteiger partial charge >= 0.3 is 0 Å². The maximum atomic E-state index is 5.78. The van der Waals surface area contributed by atoms with Gasteiger partial charge in [0.25, 0.3) is 0 Å². The first kappa shape index (κ1) is 8.38. The smallest absolute Gasteiger partial charge is 0.178 e. The Hall–Kier alpha value is -1.22. The Labute approximate surface area is 80.8 Å². The van der Waals surface area contributed by atoms with Gasteiger partial charge in [0, 0.05) is 6.20 Å². The number of rotatable bonds is 0. The molecule has 13 heavy (non-hydrogen) atoms. The van der Waals surface area contributed by atoms with Crippen LogP contribution in [0.3, 0.4) is 0 Å². The Balaban J connectivity index is 2.81. The summed E-state index contributed by atoms with van der Waals surface area (Å²) >= 11 is 5.78. The molecule has 0 aliphatic rings. The lowest BCUT2D eigenvalue weighted by Gasteiger charge is -2.00. The lowest BCUT2D eigenvalue weighted by Crippen LogP contribution is -1.94. The first-order chi connectivity index (χ1) is 6.16. The lowest BCUT2D eigenvalue weighted by atomic mass is 10.3. The van der Waals surface area contributed by atoms with Crippen LogP contribution in [-0.2, 0) is 0 Å². The van der Waals surface area contributed by atoms with Gasteiger partial charge in [-0.15, -0.1) is 0 Å². The van der Waals surface area contributed by atoms with Crippen LogP contribution in [0.1, 0.15) is 11.4 Å². The zero-order valence-corrected chi connectivity index (χ0v) is 8.13. The fourth-order valence-electron chi connectivity index (χ4n) is 1.09. The van der Waals surface area contributed by atoms with Crippen molar-refractivity contribution in [3.8, 4) is 0 Å². The molecule has 0 fully saturated rings. The van der Waals surface area contributed by atoms with E-state index in [9.17, 15) is 0 Å². The van der Waals surface area contributed by atoms with E-state index in [1.807, 2.05) is 13.8 Å². The van der Waals surface area contributed by atoms with Crippen LogP contribution in [0.15, 0.2) is 12.3 Å². The third-order valence-corrected chi connectivity index (χ3v) is 2.11. The SMILES string of the molecule is Cc1nc2cc(Cl)cnc2nc1C. The van der Waals surface area contributed by atoms with Gasteiger partial charge in [-0.3, -0.25) is 0 Å². The predicted octanol–water partition coefficient (Wildman–Crippen LogP) is 2.30. The zero-order chi connectivity index (χ0) is 9.42. The van der Waals surface area contributed by atoms with Crippen molar-refractivity contribution in [2.75, 3.05) is 0 Å². The van der Waals surface area contributed by atoms with E-state index in [1.165, 1.54) is 0 Å². The highest BCUT2D eigenvalue weighted by Gasteiger charge is 2.02. The Morgan fingerprint density at radius 2 is 1.85 bits per heavy atom. The molecule has 2 aromatic rings. The fourth-order valence-corrected chi connectivity index (χ4v) is 1.24. The summed E-state index contributed by atoms with van der Waals surface area (Å²) in [7, 11) is 0. The number of halogens is 1. The average molecular weight is 194 g/mol. The normalized spacial score (nSPS) is 10.7. The third kappa shape index (κ3) is 1.47. The number of hydrogen-bond donors (Lipinski definition) is 0. The van der Waals surface area contributed by atoms with Crippen molar-refractivity contribution < 1.29 is 0 Å². The second-order valence-corrected chi connectivity index (χ2v) is 3.33. The molecule has 0 atom stereocenters. The molecular weight excluding hydrogens is 186 g/mol. The maximum absolute atomic E-state index is 5.78. The highest BCUT2D eigenvalue weighted by Crippen LogP contribution is 2.14. The summed E-state index contributed by atoms with van der Waals surface area (Å²) in [6.07, 6.45) is 1.58. The summed E-state index contributed by atoms with van der Waals surface area (Å²) in [5.41, 5.74) is 3.21. The van der Waals surface area contributed by atoms with E-state index in [2.05, 4.69) is 15.0 Å². The molecule has 0 spiro atoms. The van der Waals surface area contributed by atoms with Crippen LogP contribution >= 0.6 is 11.6 Å². The van der Waals surface area contributed by atoms with Gasteiger partial charge < -0.3 is 0 Å². The van der Waals surface area contributed by atoms with Crippen molar-refractivity contribution in [3.63, 3.8) is 0 Å². The molecule has 0 saturated heterocycles. The van der Waals surface area contributed by atoms with Crippen LogP contribution < -0.4 is 0 Å². The van der Waals surface area contributed by atoms with E-state index in [0.29, 0.717) is 10.7 Å². The lowest BCUT2D eigenvalue weighted by molar-refractivity contribution is 1.08. The molecule has 2 heterocycles. The van der Waals surface area contributed by atoms with Crippen molar-refractivity contribution in [1.82, 2.24) is 15.0 Å². The highest BCUT2D eigenvalue weighted by molar-refractivity contribution is 6.30. The summed E-state index contributed by atoms with van der Waals surface area (Å²) in [5, 5.41) is 0.588. The van der Waals surface area contributed by atoms with Crippen LogP contribution in [0.4, 0.5) is 0 Å². The Kier molecular flexibility index (Phi) is 1.88. The minimum atomic E-state index is 0.588. The van der Waals surface area contributed by atoms with Crippen LogP contribution in [0.25, 0.3) is 11.2 Å². The van der Waals surface area contributed by atoms with Crippen LogP contribution in [0, 0.1) is 13.8 Å². The standard InChI is InChI=1S/C9H8ClN3/c1-5-6(2)13-9-8(12-5)3-7(10)4-11-9/h3-4H,1-2H3. The number of pyridine rings is 1. The second kappa shape index (κ2) is 2.92. The first-order valence-electron chi connectivity index (χ1n) is 3.93. The summed E-state index contributed by atoms with van der Waals surface area (Å²) in [4.78, 5) is 12.7. The molecule has 0 N–H and O–H groups in total. The molecule has 0 aliphatic heterocycles. The molecule has 0 unspecified atom stereocenters. The van der Waals surface area contributed by atoms with E-state index >= 15 is 0 Å². The predicted molar refractivity (Wildman–Crippen MR) is 51.8 cm³/mol. The summed E-state index contributed by atoms with van der Waals surface area (Å²) in [6, 6.07) is 1.77. The van der Waals surface area contributed by atoms with Crippen molar-refractivity contribution in [1.29, 1.82) is 0 Å². The van der Waals surface area contributed by atoms with Crippen molar-refractivity contribution in [2.24, 2.45) is 0 Å². The number of fused-ring (bicyclic) bond motifs is 1. The minimum Gasteiger partial charge on any atom is -0.248 e. The molecule has 0 aromatic carbocycles.